The van der Waals surface area contributed by atoms with Gasteiger partial charge in [-0.3, -0.25) is 0 Å². The molecule has 0 amide bonds. The van der Waals surface area contributed by atoms with Gasteiger partial charge in [-0.05, 0) is 42.0 Å². The lowest BCUT2D eigenvalue weighted by Crippen LogP contribution is -2.39. The van der Waals surface area contributed by atoms with Crippen molar-refractivity contribution in [3.8, 4) is 74.7 Å². The van der Waals surface area contributed by atoms with Crippen LogP contribution in [-0.2, 0) is 11.2 Å². The van der Waals surface area contributed by atoms with Crippen LogP contribution in [0.5, 0.6) is 74.7 Å². The van der Waals surface area contributed by atoms with Crippen molar-refractivity contribution in [3.05, 3.63) is 100 Å². The number of rotatable bonds is 5. The number of aliphatic hydroxyl groups excluding tert-OH is 1. The quantitative estimate of drug-likeness (QED) is 0.0899. The second kappa shape index (κ2) is 12.6. The molecule has 7 rings (SSSR count). The molecule has 0 aliphatic carbocycles. The molecule has 5 atom stereocenters. The number of carbonyl (C=O) groups is 1. The summed E-state index contributed by atoms with van der Waals surface area (Å²) in [5, 5.41) is 126. The van der Waals surface area contributed by atoms with Gasteiger partial charge in [-0.15, -0.1) is 0 Å². The van der Waals surface area contributed by atoms with Gasteiger partial charge in [-0.25, -0.2) is 4.79 Å². The van der Waals surface area contributed by atoms with Gasteiger partial charge in [0.1, 0.15) is 40.6 Å². The van der Waals surface area contributed by atoms with Crippen molar-refractivity contribution in [3.63, 3.8) is 0 Å². The molecule has 5 aromatic carbocycles. The monoisotopic (exact) mass is 730 g/mol. The zero-order chi connectivity index (χ0) is 38.0. The summed E-state index contributed by atoms with van der Waals surface area (Å²) < 4.78 is 18.4. The molecule has 53 heavy (non-hydrogen) atoms. The van der Waals surface area contributed by atoms with Crippen molar-refractivity contribution in [1.82, 2.24) is 0 Å². The van der Waals surface area contributed by atoms with Crippen molar-refractivity contribution in [2.75, 3.05) is 0 Å². The first-order chi connectivity index (χ1) is 25.1. The molecule has 0 bridgehead atoms. The maximum atomic E-state index is 13.8. The van der Waals surface area contributed by atoms with Crippen LogP contribution in [0, 0.1) is 0 Å². The molecule has 2 heterocycles. The Bertz CT molecular complexity index is 2280. The Morgan fingerprint density at radius 3 is 1.77 bits per heavy atom. The fraction of sp³-hybridized carbons (Fsp3) is 0.162. The summed E-state index contributed by atoms with van der Waals surface area (Å²) in [4.78, 5) is 13.8. The van der Waals surface area contributed by atoms with Gasteiger partial charge in [-0.2, -0.15) is 0 Å². The first kappa shape index (κ1) is 34.4. The molecule has 12 N–H and O–H groups in total. The number of phenolic OH excluding ortho intramolecular Hbond substituents is 11. The van der Waals surface area contributed by atoms with Gasteiger partial charge in [0, 0.05) is 46.9 Å². The number of aromatic hydroxyl groups is 11. The molecular weight excluding hydrogens is 700 g/mol. The van der Waals surface area contributed by atoms with E-state index >= 15 is 0 Å². The molecule has 0 saturated carbocycles. The predicted molar refractivity (Wildman–Crippen MR) is 178 cm³/mol. The Labute approximate surface area is 297 Å². The molecule has 2 aliphatic heterocycles. The maximum Gasteiger partial charge on any atom is 0.338 e. The van der Waals surface area contributed by atoms with Crippen LogP contribution in [0.4, 0.5) is 0 Å². The molecule has 2 aliphatic rings. The molecule has 274 valence electrons. The van der Waals surface area contributed by atoms with E-state index in [9.17, 15) is 66.1 Å². The van der Waals surface area contributed by atoms with E-state index in [0.717, 1.165) is 54.6 Å². The SMILES string of the molecule is O=C(O[C@H]1[C@@H](c2c(O)cc(O)c3c2O[C@@H](c2ccc(O)c(O)c2)[C@H](O)C3)c2c(O)cc(O)cc2O[C@H]1c1ccc(O)c(O)c1)c1cc(O)c(O)c(O)c1. The molecule has 0 saturated heterocycles. The lowest BCUT2D eigenvalue weighted by molar-refractivity contribution is -0.0285. The van der Waals surface area contributed by atoms with E-state index in [-0.39, 0.29) is 45.7 Å². The number of ether oxygens (including phenoxy) is 3. The summed E-state index contributed by atoms with van der Waals surface area (Å²) in [6.45, 7) is 0. The van der Waals surface area contributed by atoms with Crippen molar-refractivity contribution in [1.29, 1.82) is 0 Å². The van der Waals surface area contributed by atoms with Crippen molar-refractivity contribution < 1.29 is 80.3 Å². The Hall–Kier alpha value is -7.07. The van der Waals surface area contributed by atoms with Crippen LogP contribution in [0.3, 0.4) is 0 Å². The van der Waals surface area contributed by atoms with Crippen LogP contribution in [0.2, 0.25) is 0 Å². The Morgan fingerprint density at radius 1 is 0.585 bits per heavy atom. The highest BCUT2D eigenvalue weighted by Gasteiger charge is 2.49. The summed E-state index contributed by atoms with van der Waals surface area (Å²) in [6, 6.07) is 11.7. The van der Waals surface area contributed by atoms with E-state index in [4.69, 9.17) is 14.2 Å². The standard InChI is InChI=1S/C37H30O16/c38-16-9-23(44)29-28(10-16)51-34(14-2-4-19(40)22(43)6-14)36(53-37(50)15-7-25(46)32(49)26(47)8-15)31(29)30-24(45)12-20(41)17-11-27(48)33(52-35(17)30)13-1-3-18(39)21(42)5-13/h1-10,12,27,31,33-34,36,38-49H,11H2/t27-,31-,33+,34+,36+/m1/s1. The number of hydrogen-bond donors (Lipinski definition) is 12. The van der Waals surface area contributed by atoms with Crippen molar-refractivity contribution in [2.45, 2.75) is 36.8 Å². The zero-order valence-corrected chi connectivity index (χ0v) is 26.9. The second-order valence-corrected chi connectivity index (χ2v) is 12.6. The molecule has 0 spiro atoms. The van der Waals surface area contributed by atoms with Gasteiger partial charge in [-0.1, -0.05) is 12.1 Å². The number of hydrogen-bond acceptors (Lipinski definition) is 16. The smallest absolute Gasteiger partial charge is 0.338 e. The van der Waals surface area contributed by atoms with Crippen LogP contribution in [0.25, 0.3) is 0 Å². The first-order valence-corrected chi connectivity index (χ1v) is 15.8. The number of benzene rings is 5. The number of esters is 1. The van der Waals surface area contributed by atoms with E-state index in [1.807, 2.05) is 0 Å². The van der Waals surface area contributed by atoms with Gasteiger partial charge in [0.15, 0.2) is 52.5 Å². The molecule has 0 unspecified atom stereocenters. The van der Waals surface area contributed by atoms with Gasteiger partial charge in [0.05, 0.1) is 17.6 Å². The minimum atomic E-state index is -1.72. The average molecular weight is 731 g/mol. The largest absolute Gasteiger partial charge is 0.508 e. The van der Waals surface area contributed by atoms with E-state index < -0.39 is 105 Å². The van der Waals surface area contributed by atoms with Gasteiger partial charge in [0.2, 0.25) is 0 Å². The average Bonchev–Trinajstić information content (AvgIpc) is 3.09. The highest BCUT2D eigenvalue weighted by atomic mass is 16.6. The number of phenols is 11. The number of fused-ring (bicyclic) bond motifs is 2. The van der Waals surface area contributed by atoms with E-state index in [1.54, 1.807) is 0 Å². The van der Waals surface area contributed by atoms with Crippen LogP contribution in [0.15, 0.2) is 66.7 Å². The van der Waals surface area contributed by atoms with Crippen molar-refractivity contribution in [2.24, 2.45) is 0 Å². The van der Waals surface area contributed by atoms with Crippen LogP contribution in [-0.4, -0.2) is 79.5 Å². The summed E-state index contributed by atoms with van der Waals surface area (Å²) in [5.41, 5.74) is -0.728. The summed E-state index contributed by atoms with van der Waals surface area (Å²) in [7, 11) is 0. The Kier molecular flexibility index (Phi) is 8.18. The third kappa shape index (κ3) is 5.85. The minimum absolute atomic E-state index is 0.0341. The zero-order valence-electron chi connectivity index (χ0n) is 26.9. The Balaban J connectivity index is 1.48. The minimum Gasteiger partial charge on any atom is -0.508 e. The molecule has 16 nitrogen and oxygen atoms in total. The van der Waals surface area contributed by atoms with E-state index in [2.05, 4.69) is 0 Å². The Morgan fingerprint density at radius 2 is 1.17 bits per heavy atom. The van der Waals surface area contributed by atoms with E-state index in [0.29, 0.717) is 0 Å². The molecule has 16 heteroatoms. The van der Waals surface area contributed by atoms with E-state index in [1.165, 1.54) is 12.1 Å². The van der Waals surface area contributed by atoms with Gasteiger partial charge in [0.25, 0.3) is 0 Å². The highest BCUT2D eigenvalue weighted by molar-refractivity contribution is 5.91. The topological polar surface area (TPSA) is 288 Å². The lowest BCUT2D eigenvalue weighted by atomic mass is 9.77. The highest BCUT2D eigenvalue weighted by Crippen LogP contribution is 2.58. The third-order valence-electron chi connectivity index (χ3n) is 9.20. The van der Waals surface area contributed by atoms with Crippen molar-refractivity contribution >= 4 is 5.97 Å². The summed E-state index contributed by atoms with van der Waals surface area (Å²) in [5.74, 6) is -10.4. The number of carbonyl (C=O) groups excluding carboxylic acids is 1. The molecule has 0 fully saturated rings. The molecule has 0 radical (unpaired) electrons. The van der Waals surface area contributed by atoms with Gasteiger partial charge < -0.3 is 75.5 Å². The van der Waals surface area contributed by atoms with Crippen LogP contribution in [0.1, 0.15) is 56.3 Å². The lowest BCUT2D eigenvalue weighted by Gasteiger charge is -2.41. The molecule has 5 aromatic rings. The normalized spacial score (nSPS) is 20.4. The number of aliphatic hydroxyl groups is 1. The fourth-order valence-corrected chi connectivity index (χ4v) is 6.73. The second-order valence-electron chi connectivity index (χ2n) is 12.6. The van der Waals surface area contributed by atoms with Gasteiger partial charge >= 0.3 is 5.97 Å². The third-order valence-corrected chi connectivity index (χ3v) is 9.20. The maximum absolute atomic E-state index is 13.8. The molecular formula is C37H30O16. The fourth-order valence-electron chi connectivity index (χ4n) is 6.73. The molecule has 0 aromatic heterocycles. The van der Waals surface area contributed by atoms with Crippen LogP contribution < -0.4 is 9.47 Å². The first-order valence-electron chi connectivity index (χ1n) is 15.8. The van der Waals surface area contributed by atoms with Crippen LogP contribution >= 0.6 is 0 Å². The summed E-state index contributed by atoms with van der Waals surface area (Å²) in [6.07, 6.45) is -6.19. The predicted octanol–water partition coefficient (Wildman–Crippen LogP) is 3.98. The summed E-state index contributed by atoms with van der Waals surface area (Å²) >= 11 is 0.